The molecule has 0 unspecified atom stereocenters. The Morgan fingerprint density at radius 2 is 1.58 bits per heavy atom. The molecule has 1 N–H and O–H groups in total. The van der Waals surface area contributed by atoms with Crippen LogP contribution in [0.5, 0.6) is 0 Å². The van der Waals surface area contributed by atoms with Gasteiger partial charge in [0, 0.05) is 17.2 Å². The summed E-state index contributed by atoms with van der Waals surface area (Å²) in [5.41, 5.74) is 0.190. The summed E-state index contributed by atoms with van der Waals surface area (Å²) >= 11 is 3.67. The van der Waals surface area contributed by atoms with E-state index in [9.17, 15) is 9.90 Å². The first kappa shape index (κ1) is 27.6. The Hall–Kier alpha value is 0.0300. The van der Waals surface area contributed by atoms with Crippen molar-refractivity contribution in [2.24, 2.45) is 58.2 Å². The second-order valence-corrected chi connectivity index (χ2v) is 16.1. The Morgan fingerprint density at radius 1 is 0.944 bits per heavy atom. The smallest absolute Gasteiger partial charge is 0.163 e. The molecule has 5 heteroatoms. The summed E-state index contributed by atoms with van der Waals surface area (Å²) in [6.45, 7) is 18.4. The van der Waals surface area contributed by atoms with Gasteiger partial charge in [0.2, 0.25) is 0 Å². The molecule has 5 fully saturated rings. The van der Waals surface area contributed by atoms with Gasteiger partial charge in [-0.2, -0.15) is 0 Å². The first-order valence-electron chi connectivity index (χ1n) is 14.9. The molecule has 0 aromatic carbocycles. The molecular weight excluding hydrogens is 516 g/mol. The molecule has 5 rings (SSSR count). The van der Waals surface area contributed by atoms with E-state index in [4.69, 9.17) is 9.47 Å². The maximum atomic E-state index is 13.6. The molecule has 13 atom stereocenters. The summed E-state index contributed by atoms with van der Waals surface area (Å²) in [5, 5.41) is 10.8. The van der Waals surface area contributed by atoms with Gasteiger partial charge in [0.1, 0.15) is 5.78 Å². The topological polar surface area (TPSA) is 55.8 Å². The van der Waals surface area contributed by atoms with Crippen molar-refractivity contribution in [2.45, 2.75) is 129 Å². The predicted octanol–water partition coefficient (Wildman–Crippen LogP) is 7.01. The van der Waals surface area contributed by atoms with Crippen molar-refractivity contribution in [3.8, 4) is 0 Å². The Balaban J connectivity index is 1.39. The lowest BCUT2D eigenvalue weighted by molar-refractivity contribution is -0.165. The molecule has 0 radical (unpaired) electrons. The molecule has 0 amide bonds. The zero-order valence-corrected chi connectivity index (χ0v) is 25.5. The summed E-state index contributed by atoms with van der Waals surface area (Å²) in [4.78, 5) is 13.6. The van der Waals surface area contributed by atoms with E-state index in [0.29, 0.717) is 47.2 Å². The lowest BCUT2D eigenvalue weighted by atomic mass is 9.44. The third-order valence-corrected chi connectivity index (χ3v) is 13.4. The Morgan fingerprint density at radius 3 is 2.25 bits per heavy atom. The maximum Gasteiger partial charge on any atom is 0.163 e. The van der Waals surface area contributed by atoms with Crippen molar-refractivity contribution in [3.63, 3.8) is 0 Å². The van der Waals surface area contributed by atoms with Gasteiger partial charge in [-0.25, -0.2) is 0 Å². The van der Waals surface area contributed by atoms with Gasteiger partial charge in [0.25, 0.3) is 0 Å². The van der Waals surface area contributed by atoms with E-state index in [-0.39, 0.29) is 39.9 Å². The van der Waals surface area contributed by atoms with Crippen molar-refractivity contribution in [2.75, 3.05) is 0 Å². The van der Waals surface area contributed by atoms with Gasteiger partial charge in [0.05, 0.1) is 18.3 Å². The standard InChI is InChI=1S/C31H51BrO4/c1-16(2)17(3)27-28(36-29(5,6)35-27)18(4)20-9-10-21-19-13-25(33)23-14-24(32)26(34)15-31(23,8)22(19)11-12-30(20,21)7/h16-24,26-28,34H,9-15H2,1-8H3/t17-,18-,19-,20+,21-,22-,23+,24-,26-,27+,28+,30+,31+/m0/s1. The van der Waals surface area contributed by atoms with Crippen molar-refractivity contribution in [3.05, 3.63) is 0 Å². The minimum absolute atomic E-state index is 0.0562. The molecular formula is C31H51BrO4. The van der Waals surface area contributed by atoms with Gasteiger partial charge in [-0.3, -0.25) is 4.79 Å². The van der Waals surface area contributed by atoms with E-state index in [1.165, 1.54) is 25.7 Å². The molecule has 0 aromatic rings. The molecule has 4 saturated carbocycles. The normalized spacial score (nSPS) is 52.0. The van der Waals surface area contributed by atoms with Gasteiger partial charge in [0.15, 0.2) is 5.79 Å². The van der Waals surface area contributed by atoms with E-state index < -0.39 is 5.79 Å². The van der Waals surface area contributed by atoms with E-state index in [2.05, 4.69) is 71.3 Å². The third-order valence-electron chi connectivity index (χ3n) is 12.4. The quantitative estimate of drug-likeness (QED) is 0.372. The summed E-state index contributed by atoms with van der Waals surface area (Å²) in [7, 11) is 0. The molecule has 36 heavy (non-hydrogen) atoms. The van der Waals surface area contributed by atoms with Crippen LogP contribution in [-0.2, 0) is 14.3 Å². The summed E-state index contributed by atoms with van der Waals surface area (Å²) in [6.07, 6.45) is 7.11. The largest absolute Gasteiger partial charge is 0.392 e. The number of rotatable bonds is 4. The van der Waals surface area contributed by atoms with E-state index in [0.717, 1.165) is 19.3 Å². The number of carbonyl (C=O) groups excluding carboxylic acids is 1. The highest BCUT2D eigenvalue weighted by Gasteiger charge is 2.64. The number of ketones is 1. The molecule has 0 spiro atoms. The monoisotopic (exact) mass is 566 g/mol. The van der Waals surface area contributed by atoms with Crippen LogP contribution in [0.15, 0.2) is 0 Å². The molecule has 1 heterocycles. The van der Waals surface area contributed by atoms with E-state index in [1.807, 2.05) is 0 Å². The van der Waals surface area contributed by atoms with E-state index in [1.54, 1.807) is 0 Å². The van der Waals surface area contributed by atoms with Crippen LogP contribution in [0, 0.1) is 58.2 Å². The van der Waals surface area contributed by atoms with Crippen molar-refractivity contribution < 1.29 is 19.4 Å². The number of fused-ring (bicyclic) bond motifs is 5. The van der Waals surface area contributed by atoms with Gasteiger partial charge in [-0.05, 0) is 105 Å². The highest BCUT2D eigenvalue weighted by Crippen LogP contribution is 2.68. The van der Waals surface area contributed by atoms with Crippen LogP contribution < -0.4 is 0 Å². The predicted molar refractivity (Wildman–Crippen MR) is 147 cm³/mol. The van der Waals surface area contributed by atoms with Crippen LogP contribution in [0.3, 0.4) is 0 Å². The van der Waals surface area contributed by atoms with Crippen LogP contribution in [0.2, 0.25) is 0 Å². The number of aliphatic hydroxyl groups is 1. The second-order valence-electron chi connectivity index (χ2n) is 14.9. The average Bonchev–Trinajstić information content (AvgIpc) is 3.31. The maximum absolute atomic E-state index is 13.6. The molecule has 0 aromatic heterocycles. The minimum atomic E-state index is -0.530. The molecule has 4 aliphatic carbocycles. The first-order valence-corrected chi connectivity index (χ1v) is 15.8. The van der Waals surface area contributed by atoms with Crippen molar-refractivity contribution >= 4 is 21.7 Å². The second kappa shape index (κ2) is 9.30. The van der Waals surface area contributed by atoms with Gasteiger partial charge >= 0.3 is 0 Å². The summed E-state index contributed by atoms with van der Waals surface area (Å²) in [5.74, 6) is 3.69. The number of ether oxygens (including phenoxy) is 2. The SMILES string of the molecule is CC(C)[C@H](C)[C@H]1OC(C)(C)O[C@@H]1[C@@H](C)[C@H]1CC[C@H]2[C@@H]3CC(=O)[C@H]4C[C@H](Br)[C@@H](O)C[C@]4(C)[C@H]3CC[C@]12C. The Kier molecular flexibility index (Phi) is 7.13. The number of hydrogen-bond donors (Lipinski definition) is 1. The molecule has 1 aliphatic heterocycles. The number of carbonyl (C=O) groups is 1. The lowest BCUT2D eigenvalue weighted by Crippen LogP contribution is -2.59. The third kappa shape index (κ3) is 4.20. The molecule has 1 saturated heterocycles. The average molecular weight is 568 g/mol. The fourth-order valence-electron chi connectivity index (χ4n) is 10.2. The number of aliphatic hydroxyl groups excluding tert-OH is 1. The molecule has 4 nitrogen and oxygen atoms in total. The lowest BCUT2D eigenvalue weighted by Gasteiger charge is -2.61. The van der Waals surface area contributed by atoms with Crippen LogP contribution >= 0.6 is 15.9 Å². The highest BCUT2D eigenvalue weighted by atomic mass is 79.9. The van der Waals surface area contributed by atoms with Crippen molar-refractivity contribution in [1.29, 1.82) is 0 Å². The van der Waals surface area contributed by atoms with Crippen LogP contribution in [-0.4, -0.2) is 39.8 Å². The van der Waals surface area contributed by atoms with Crippen LogP contribution in [0.25, 0.3) is 0 Å². The molecule has 5 aliphatic rings. The number of alkyl halides is 1. The van der Waals surface area contributed by atoms with E-state index >= 15 is 0 Å². The van der Waals surface area contributed by atoms with Crippen LogP contribution in [0.1, 0.15) is 100 Å². The zero-order chi connectivity index (χ0) is 26.4. The number of hydrogen-bond acceptors (Lipinski definition) is 4. The van der Waals surface area contributed by atoms with Gasteiger partial charge in [-0.15, -0.1) is 0 Å². The van der Waals surface area contributed by atoms with Gasteiger partial charge < -0.3 is 14.6 Å². The molecule has 0 bridgehead atoms. The first-order chi connectivity index (χ1) is 16.7. The van der Waals surface area contributed by atoms with Crippen LogP contribution in [0.4, 0.5) is 0 Å². The number of Topliss-reactive ketones (excluding diaryl/α,β-unsaturated/α-hetero) is 1. The minimum Gasteiger partial charge on any atom is -0.392 e. The summed E-state index contributed by atoms with van der Waals surface area (Å²) in [6, 6.07) is 0. The Bertz CT molecular complexity index is 858. The Labute approximate surface area is 228 Å². The molecule has 206 valence electrons. The summed E-state index contributed by atoms with van der Waals surface area (Å²) < 4.78 is 13.2. The fraction of sp³-hybridized carbons (Fsp3) is 0.968. The number of halogens is 1. The van der Waals surface area contributed by atoms with Crippen molar-refractivity contribution in [1.82, 2.24) is 0 Å². The fourth-order valence-corrected chi connectivity index (χ4v) is 10.8. The van der Waals surface area contributed by atoms with Gasteiger partial charge in [-0.1, -0.05) is 57.5 Å². The zero-order valence-electron chi connectivity index (χ0n) is 23.9. The highest BCUT2D eigenvalue weighted by molar-refractivity contribution is 9.09.